The molecule has 0 saturated carbocycles. The van der Waals surface area contributed by atoms with Crippen LogP contribution in [0.1, 0.15) is 19.3 Å². The highest BCUT2D eigenvalue weighted by Gasteiger charge is 2.34. The van der Waals surface area contributed by atoms with E-state index < -0.39 is 6.10 Å². The van der Waals surface area contributed by atoms with Crippen LogP contribution in [0.3, 0.4) is 0 Å². The molecule has 138 valence electrons. The molecule has 0 bridgehead atoms. The van der Waals surface area contributed by atoms with Crippen molar-refractivity contribution in [2.24, 2.45) is 5.92 Å². The van der Waals surface area contributed by atoms with Crippen LogP contribution in [0.15, 0.2) is 36.4 Å². The van der Waals surface area contributed by atoms with E-state index in [-0.39, 0.29) is 24.3 Å². The molecule has 0 N–H and O–H groups in total. The van der Waals surface area contributed by atoms with E-state index in [0.717, 1.165) is 19.3 Å². The maximum absolute atomic E-state index is 12.7. The molecule has 0 spiro atoms. The number of benzene rings is 1. The van der Waals surface area contributed by atoms with Crippen molar-refractivity contribution >= 4 is 11.8 Å². The number of carbonyl (C=O) groups excluding carboxylic acids is 2. The minimum absolute atomic E-state index is 0.0628. The van der Waals surface area contributed by atoms with Gasteiger partial charge >= 0.3 is 0 Å². The Morgan fingerprint density at radius 1 is 0.923 bits per heavy atom. The Labute approximate surface area is 153 Å². The number of fused-ring (bicyclic) bond motifs is 1. The van der Waals surface area contributed by atoms with E-state index in [1.165, 1.54) is 0 Å². The fourth-order valence-corrected chi connectivity index (χ4v) is 3.77. The van der Waals surface area contributed by atoms with Crippen LogP contribution in [0.25, 0.3) is 0 Å². The lowest BCUT2D eigenvalue weighted by Crippen LogP contribution is -2.55. The van der Waals surface area contributed by atoms with Crippen LogP contribution in [-0.2, 0) is 9.59 Å². The Balaban J connectivity index is 1.31. The quantitative estimate of drug-likeness (QED) is 0.759. The van der Waals surface area contributed by atoms with Gasteiger partial charge in [-0.3, -0.25) is 9.59 Å². The smallest absolute Gasteiger partial charge is 0.267 e. The number of nitrogens with zero attached hydrogens (tertiary/aromatic N) is 2. The first-order valence-corrected chi connectivity index (χ1v) is 9.33. The van der Waals surface area contributed by atoms with Gasteiger partial charge in [-0.15, -0.1) is 0 Å². The lowest BCUT2D eigenvalue weighted by Gasteiger charge is -2.38. The van der Waals surface area contributed by atoms with Crippen LogP contribution in [0, 0.1) is 5.92 Å². The van der Waals surface area contributed by atoms with E-state index in [0.29, 0.717) is 37.7 Å². The van der Waals surface area contributed by atoms with Gasteiger partial charge in [-0.1, -0.05) is 24.3 Å². The van der Waals surface area contributed by atoms with Gasteiger partial charge < -0.3 is 19.3 Å². The molecular weight excluding hydrogens is 332 g/mol. The summed E-state index contributed by atoms with van der Waals surface area (Å²) >= 11 is 0. The van der Waals surface area contributed by atoms with Crippen LogP contribution in [-0.4, -0.2) is 60.5 Å². The van der Waals surface area contributed by atoms with Crippen LogP contribution in [0.4, 0.5) is 0 Å². The van der Waals surface area contributed by atoms with E-state index in [4.69, 9.17) is 9.47 Å². The maximum atomic E-state index is 12.7. The fraction of sp³-hybridized carbons (Fsp3) is 0.500. The highest BCUT2D eigenvalue weighted by atomic mass is 16.6. The van der Waals surface area contributed by atoms with Crippen LogP contribution < -0.4 is 9.47 Å². The monoisotopic (exact) mass is 356 g/mol. The summed E-state index contributed by atoms with van der Waals surface area (Å²) in [6, 6.07) is 7.38. The Bertz CT molecular complexity index is 710. The van der Waals surface area contributed by atoms with Crippen LogP contribution in [0.2, 0.25) is 0 Å². The summed E-state index contributed by atoms with van der Waals surface area (Å²) in [6.45, 7) is 2.51. The Kier molecular flexibility index (Phi) is 4.82. The zero-order valence-corrected chi connectivity index (χ0v) is 14.8. The molecule has 6 nitrogen and oxygen atoms in total. The van der Waals surface area contributed by atoms with Crippen molar-refractivity contribution in [3.05, 3.63) is 36.4 Å². The number of amides is 2. The standard InChI is InChI=1S/C20H24N2O4/c23-19(15-6-2-1-3-7-15)21-10-12-22(13-11-21)20(24)18-14-25-16-8-4-5-9-17(16)26-18/h1-2,4-5,8-9,15,18H,3,6-7,10-14H2/t15-,18+/m0/s1. The van der Waals surface area contributed by atoms with E-state index in [1.54, 1.807) is 4.90 Å². The molecule has 4 rings (SSSR count). The second kappa shape index (κ2) is 7.40. The molecule has 1 aromatic carbocycles. The van der Waals surface area contributed by atoms with Crippen molar-refractivity contribution in [2.45, 2.75) is 25.4 Å². The second-order valence-electron chi connectivity index (χ2n) is 7.00. The summed E-state index contributed by atoms with van der Waals surface area (Å²) in [5, 5.41) is 0. The van der Waals surface area contributed by atoms with Gasteiger partial charge in [0.2, 0.25) is 12.0 Å². The zero-order valence-electron chi connectivity index (χ0n) is 14.8. The number of ether oxygens (including phenoxy) is 2. The van der Waals surface area contributed by atoms with Crippen molar-refractivity contribution in [3.63, 3.8) is 0 Å². The molecule has 0 unspecified atom stereocenters. The molecule has 2 atom stereocenters. The van der Waals surface area contributed by atoms with Crippen molar-refractivity contribution in [2.75, 3.05) is 32.8 Å². The van der Waals surface area contributed by atoms with Gasteiger partial charge in [0.05, 0.1) is 0 Å². The van der Waals surface area contributed by atoms with E-state index in [1.807, 2.05) is 29.2 Å². The molecule has 26 heavy (non-hydrogen) atoms. The molecule has 6 heteroatoms. The topological polar surface area (TPSA) is 59.1 Å². The SMILES string of the molecule is O=C([C@H]1CC=CCC1)N1CCN(C(=O)[C@H]2COc3ccccc3O2)CC1. The molecule has 2 heterocycles. The Morgan fingerprint density at radius 3 is 2.31 bits per heavy atom. The van der Waals surface area contributed by atoms with Gasteiger partial charge in [-0.2, -0.15) is 0 Å². The molecule has 1 aliphatic carbocycles. The largest absolute Gasteiger partial charge is 0.485 e. The van der Waals surface area contributed by atoms with Gasteiger partial charge in [0, 0.05) is 32.1 Å². The summed E-state index contributed by atoms with van der Waals surface area (Å²) in [6.07, 6.45) is 6.38. The summed E-state index contributed by atoms with van der Waals surface area (Å²) < 4.78 is 11.5. The lowest BCUT2D eigenvalue weighted by molar-refractivity contribution is -0.147. The molecular formula is C20H24N2O4. The first kappa shape index (κ1) is 16.9. The zero-order chi connectivity index (χ0) is 17.9. The summed E-state index contributed by atoms with van der Waals surface area (Å²) in [4.78, 5) is 29.1. The molecule has 0 aromatic heterocycles. The number of hydrogen-bond donors (Lipinski definition) is 0. The summed E-state index contributed by atoms with van der Waals surface area (Å²) in [5.74, 6) is 1.55. The molecule has 1 aromatic rings. The van der Waals surface area contributed by atoms with Crippen LogP contribution >= 0.6 is 0 Å². The van der Waals surface area contributed by atoms with Gasteiger partial charge in [0.1, 0.15) is 6.61 Å². The first-order chi connectivity index (χ1) is 12.7. The van der Waals surface area contributed by atoms with Crippen molar-refractivity contribution in [1.29, 1.82) is 0 Å². The van der Waals surface area contributed by atoms with Gasteiger partial charge in [-0.25, -0.2) is 0 Å². The molecule has 1 saturated heterocycles. The third-order valence-corrected chi connectivity index (χ3v) is 5.31. The van der Waals surface area contributed by atoms with Gasteiger partial charge in [0.25, 0.3) is 5.91 Å². The second-order valence-corrected chi connectivity index (χ2v) is 7.00. The predicted octanol–water partition coefficient (Wildman–Crippen LogP) is 1.85. The lowest BCUT2D eigenvalue weighted by atomic mass is 9.93. The molecule has 1 fully saturated rings. The molecule has 0 radical (unpaired) electrons. The number of allylic oxidation sites excluding steroid dienone is 2. The average Bonchev–Trinajstić information content (AvgIpc) is 2.73. The third-order valence-electron chi connectivity index (χ3n) is 5.31. The van der Waals surface area contributed by atoms with Crippen molar-refractivity contribution < 1.29 is 19.1 Å². The average molecular weight is 356 g/mol. The number of hydrogen-bond acceptors (Lipinski definition) is 4. The predicted molar refractivity (Wildman–Crippen MR) is 96.0 cm³/mol. The van der Waals surface area contributed by atoms with Crippen molar-refractivity contribution in [1.82, 2.24) is 9.80 Å². The number of rotatable bonds is 2. The maximum Gasteiger partial charge on any atom is 0.267 e. The van der Waals surface area contributed by atoms with Crippen molar-refractivity contribution in [3.8, 4) is 11.5 Å². The fourth-order valence-electron chi connectivity index (χ4n) is 3.77. The van der Waals surface area contributed by atoms with E-state index in [9.17, 15) is 9.59 Å². The Hall–Kier alpha value is -2.50. The number of para-hydroxylation sites is 2. The molecule has 2 aliphatic heterocycles. The van der Waals surface area contributed by atoms with Crippen LogP contribution in [0.5, 0.6) is 11.5 Å². The summed E-state index contributed by atoms with van der Waals surface area (Å²) in [5.41, 5.74) is 0. The van der Waals surface area contributed by atoms with Gasteiger partial charge in [-0.05, 0) is 31.4 Å². The number of carbonyl (C=O) groups is 2. The Morgan fingerprint density at radius 2 is 1.62 bits per heavy atom. The minimum atomic E-state index is -0.615. The molecule has 2 amide bonds. The normalized spacial score (nSPS) is 25.1. The summed E-state index contributed by atoms with van der Waals surface area (Å²) in [7, 11) is 0. The third kappa shape index (κ3) is 3.41. The van der Waals surface area contributed by atoms with Gasteiger partial charge in [0.15, 0.2) is 11.5 Å². The highest BCUT2D eigenvalue weighted by molar-refractivity contribution is 5.83. The number of piperazine rings is 1. The van der Waals surface area contributed by atoms with E-state index in [2.05, 4.69) is 12.2 Å². The van der Waals surface area contributed by atoms with E-state index >= 15 is 0 Å². The first-order valence-electron chi connectivity index (χ1n) is 9.33. The minimum Gasteiger partial charge on any atom is -0.485 e. The molecule has 3 aliphatic rings. The highest BCUT2D eigenvalue weighted by Crippen LogP contribution is 2.31.